The normalized spacial score (nSPS) is 10.3. The third-order valence-electron chi connectivity index (χ3n) is 2.83. The van der Waals surface area contributed by atoms with Gasteiger partial charge in [-0.25, -0.2) is 4.79 Å². The first kappa shape index (κ1) is 13.7. The SMILES string of the molecule is COc1ccc(Cc2c([O-])[nH]c(=O)[nH]c2=O)cc1OC. The van der Waals surface area contributed by atoms with E-state index in [2.05, 4.69) is 0 Å². The second kappa shape index (κ2) is 5.52. The summed E-state index contributed by atoms with van der Waals surface area (Å²) in [4.78, 5) is 26.6. The lowest BCUT2D eigenvalue weighted by Crippen LogP contribution is -2.27. The van der Waals surface area contributed by atoms with E-state index in [0.29, 0.717) is 17.1 Å². The number of rotatable bonds is 4. The van der Waals surface area contributed by atoms with Crippen LogP contribution in [0.25, 0.3) is 0 Å². The molecule has 2 rings (SSSR count). The number of nitrogens with one attached hydrogen (secondary N) is 2. The zero-order chi connectivity index (χ0) is 14.7. The maximum Gasteiger partial charge on any atom is 0.325 e. The van der Waals surface area contributed by atoms with Crippen LogP contribution in [0.2, 0.25) is 0 Å². The predicted octanol–water partition coefficient (Wildman–Crippen LogP) is -0.255. The largest absolute Gasteiger partial charge is 0.860 e. The molecule has 20 heavy (non-hydrogen) atoms. The molecule has 0 atom stereocenters. The van der Waals surface area contributed by atoms with Crippen molar-refractivity contribution in [2.24, 2.45) is 0 Å². The standard InChI is InChI=1S/C13H14N2O5/c1-19-9-4-3-7(6-10(9)20-2)5-8-11(16)14-13(18)15-12(8)17/h3-4,6H,5H2,1-2H3,(H3,14,15,16,17,18)/p-1. The molecule has 106 valence electrons. The Morgan fingerprint density at radius 2 is 1.80 bits per heavy atom. The Kier molecular flexibility index (Phi) is 3.79. The molecule has 0 saturated heterocycles. The number of methoxy groups -OCH3 is 2. The van der Waals surface area contributed by atoms with Crippen molar-refractivity contribution in [2.45, 2.75) is 6.42 Å². The summed E-state index contributed by atoms with van der Waals surface area (Å²) in [5.74, 6) is 0.362. The number of aromatic nitrogens is 2. The van der Waals surface area contributed by atoms with Gasteiger partial charge in [0.05, 0.1) is 14.2 Å². The van der Waals surface area contributed by atoms with Gasteiger partial charge in [-0.15, -0.1) is 0 Å². The minimum atomic E-state index is -0.809. The topological polar surface area (TPSA) is 107 Å². The summed E-state index contributed by atoms with van der Waals surface area (Å²) in [6, 6.07) is 5.06. The van der Waals surface area contributed by atoms with Gasteiger partial charge in [-0.2, -0.15) is 0 Å². The zero-order valence-corrected chi connectivity index (χ0v) is 11.0. The second-order valence-corrected chi connectivity index (χ2v) is 4.08. The maximum absolute atomic E-state index is 11.6. The van der Waals surface area contributed by atoms with E-state index in [4.69, 9.17) is 9.47 Å². The molecular formula is C13H13N2O5-. The zero-order valence-electron chi connectivity index (χ0n) is 11.0. The molecule has 0 aliphatic heterocycles. The van der Waals surface area contributed by atoms with Gasteiger partial charge in [-0.3, -0.25) is 9.78 Å². The third-order valence-corrected chi connectivity index (χ3v) is 2.83. The first-order chi connectivity index (χ1) is 9.55. The molecule has 1 aromatic heterocycles. The van der Waals surface area contributed by atoms with E-state index in [-0.39, 0.29) is 12.0 Å². The summed E-state index contributed by atoms with van der Waals surface area (Å²) in [6.45, 7) is 0. The maximum atomic E-state index is 11.6. The summed E-state index contributed by atoms with van der Waals surface area (Å²) >= 11 is 0. The van der Waals surface area contributed by atoms with Crippen LogP contribution in [-0.4, -0.2) is 24.2 Å². The molecule has 0 aliphatic carbocycles. The highest BCUT2D eigenvalue weighted by Crippen LogP contribution is 2.28. The average Bonchev–Trinajstić information content (AvgIpc) is 2.42. The van der Waals surface area contributed by atoms with Crippen molar-refractivity contribution in [3.63, 3.8) is 0 Å². The predicted molar refractivity (Wildman–Crippen MR) is 69.5 cm³/mol. The number of hydrogen-bond donors (Lipinski definition) is 2. The lowest BCUT2D eigenvalue weighted by Gasteiger charge is -2.13. The Hall–Kier alpha value is -2.70. The van der Waals surface area contributed by atoms with Crippen LogP contribution in [0, 0.1) is 0 Å². The first-order valence-corrected chi connectivity index (χ1v) is 5.78. The minimum Gasteiger partial charge on any atom is -0.860 e. The van der Waals surface area contributed by atoms with Gasteiger partial charge in [-0.05, 0) is 23.6 Å². The molecule has 7 nitrogen and oxygen atoms in total. The molecule has 0 amide bonds. The van der Waals surface area contributed by atoms with E-state index < -0.39 is 17.1 Å². The molecule has 0 unspecified atom stereocenters. The first-order valence-electron chi connectivity index (χ1n) is 5.78. The Labute approximate surface area is 113 Å². The smallest absolute Gasteiger partial charge is 0.325 e. The van der Waals surface area contributed by atoms with Crippen LogP contribution in [-0.2, 0) is 6.42 Å². The van der Waals surface area contributed by atoms with Crippen molar-refractivity contribution < 1.29 is 14.6 Å². The lowest BCUT2D eigenvalue weighted by atomic mass is 10.1. The summed E-state index contributed by atoms with van der Waals surface area (Å²) in [6.07, 6.45) is 0.0886. The average molecular weight is 277 g/mol. The van der Waals surface area contributed by atoms with E-state index in [1.807, 2.05) is 9.97 Å². The highest BCUT2D eigenvalue weighted by atomic mass is 16.5. The van der Waals surface area contributed by atoms with Gasteiger partial charge in [0.25, 0.3) is 5.56 Å². The van der Waals surface area contributed by atoms with E-state index in [1.165, 1.54) is 14.2 Å². The van der Waals surface area contributed by atoms with E-state index in [1.54, 1.807) is 18.2 Å². The third kappa shape index (κ3) is 2.66. The molecule has 7 heteroatoms. The summed E-state index contributed by atoms with van der Waals surface area (Å²) in [5.41, 5.74) is -0.835. The molecule has 0 saturated carbocycles. The molecule has 0 spiro atoms. The monoisotopic (exact) mass is 277 g/mol. The van der Waals surface area contributed by atoms with Gasteiger partial charge in [0.1, 0.15) is 0 Å². The summed E-state index contributed by atoms with van der Waals surface area (Å²) < 4.78 is 10.2. The van der Waals surface area contributed by atoms with Crippen molar-refractivity contribution in [1.29, 1.82) is 0 Å². The summed E-state index contributed by atoms with van der Waals surface area (Å²) in [5, 5.41) is 11.6. The molecule has 2 N–H and O–H groups in total. The highest BCUT2D eigenvalue weighted by molar-refractivity contribution is 5.44. The van der Waals surface area contributed by atoms with Gasteiger partial charge in [0.2, 0.25) is 0 Å². The van der Waals surface area contributed by atoms with Crippen LogP contribution < -0.4 is 25.8 Å². The molecular weight excluding hydrogens is 264 g/mol. The van der Waals surface area contributed by atoms with Crippen LogP contribution in [0.3, 0.4) is 0 Å². The fourth-order valence-corrected chi connectivity index (χ4v) is 1.85. The van der Waals surface area contributed by atoms with Gasteiger partial charge < -0.3 is 19.6 Å². The Morgan fingerprint density at radius 1 is 1.10 bits per heavy atom. The van der Waals surface area contributed by atoms with Crippen molar-refractivity contribution >= 4 is 0 Å². The number of aromatic amines is 2. The molecule has 1 aromatic carbocycles. The Balaban J connectivity index is 2.40. The molecule has 1 heterocycles. The Bertz CT molecular complexity index is 732. The van der Waals surface area contributed by atoms with Crippen molar-refractivity contribution in [2.75, 3.05) is 14.2 Å². The molecule has 0 radical (unpaired) electrons. The molecule has 0 bridgehead atoms. The van der Waals surface area contributed by atoms with Crippen molar-refractivity contribution in [1.82, 2.24) is 9.97 Å². The lowest BCUT2D eigenvalue weighted by molar-refractivity contribution is -0.276. The highest BCUT2D eigenvalue weighted by Gasteiger charge is 2.08. The minimum absolute atomic E-state index is 0.0307. The van der Waals surface area contributed by atoms with E-state index in [0.717, 1.165) is 0 Å². The van der Waals surface area contributed by atoms with Gasteiger partial charge in [-0.1, -0.05) is 6.07 Å². The number of ether oxygens (including phenoxy) is 2. The van der Waals surface area contributed by atoms with Crippen LogP contribution in [0.5, 0.6) is 17.4 Å². The van der Waals surface area contributed by atoms with Crippen LogP contribution >= 0.6 is 0 Å². The quantitative estimate of drug-likeness (QED) is 0.801. The molecule has 2 aromatic rings. The van der Waals surface area contributed by atoms with E-state index >= 15 is 0 Å². The fourth-order valence-electron chi connectivity index (χ4n) is 1.85. The number of hydrogen-bond acceptors (Lipinski definition) is 5. The van der Waals surface area contributed by atoms with Crippen molar-refractivity contribution in [3.05, 3.63) is 50.2 Å². The van der Waals surface area contributed by atoms with E-state index in [9.17, 15) is 14.7 Å². The molecule has 0 aliphatic rings. The van der Waals surface area contributed by atoms with Crippen molar-refractivity contribution in [3.8, 4) is 17.4 Å². The van der Waals surface area contributed by atoms with Gasteiger partial charge >= 0.3 is 5.69 Å². The fraction of sp³-hybridized carbons (Fsp3) is 0.231. The Morgan fingerprint density at radius 3 is 2.40 bits per heavy atom. The van der Waals surface area contributed by atoms with Crippen LogP contribution in [0.1, 0.15) is 11.1 Å². The van der Waals surface area contributed by atoms with Crippen LogP contribution in [0.15, 0.2) is 27.8 Å². The summed E-state index contributed by atoms with van der Waals surface area (Å²) in [7, 11) is 3.01. The molecule has 0 fully saturated rings. The van der Waals surface area contributed by atoms with Gasteiger partial charge in [0, 0.05) is 12.0 Å². The number of benzene rings is 1. The second-order valence-electron chi connectivity index (χ2n) is 4.08. The number of H-pyrrole nitrogens is 2. The van der Waals surface area contributed by atoms with Crippen LogP contribution in [0.4, 0.5) is 0 Å². The van der Waals surface area contributed by atoms with Gasteiger partial charge in [0.15, 0.2) is 11.5 Å².